The van der Waals surface area contributed by atoms with Gasteiger partial charge in [0.2, 0.25) is 0 Å². The number of carbonyl (C=O) groups is 2. The molecule has 1 aliphatic rings. The Morgan fingerprint density at radius 3 is 2.65 bits per heavy atom. The highest BCUT2D eigenvalue weighted by Gasteiger charge is 2.45. The van der Waals surface area contributed by atoms with Gasteiger partial charge in [0.05, 0.1) is 19.3 Å². The molecule has 1 N–H and O–H groups in total. The molecule has 0 radical (unpaired) electrons. The molecule has 1 aliphatic heterocycles. The Kier molecular flexibility index (Phi) is 5.99. The third-order valence-electron chi connectivity index (χ3n) is 5.38. The standard InChI is InChI=1S/C23H23N5O3/c1-24-22(30)23(14-18-4-2-3-5-19(18)17-6-8-25-9-7-17)16-28(12-13-31-23)21(29)20-15-26-10-11-27-20/h2-11,15H,12-14,16H2,1H3,(H,24,30). The number of hydrogen-bond acceptors (Lipinski definition) is 6. The van der Waals surface area contributed by atoms with Crippen molar-refractivity contribution in [1.82, 2.24) is 25.2 Å². The highest BCUT2D eigenvalue weighted by Crippen LogP contribution is 2.30. The van der Waals surface area contributed by atoms with Gasteiger partial charge < -0.3 is 15.0 Å². The number of nitrogens with zero attached hydrogens (tertiary/aromatic N) is 4. The molecule has 1 fully saturated rings. The molecule has 1 aromatic carbocycles. The number of benzene rings is 1. The molecule has 1 atom stereocenters. The predicted octanol–water partition coefficient (Wildman–Crippen LogP) is 1.74. The first kappa shape index (κ1) is 20.6. The fraction of sp³-hybridized carbons (Fsp3) is 0.261. The number of nitrogens with one attached hydrogen (secondary N) is 1. The average molecular weight is 417 g/mol. The van der Waals surface area contributed by atoms with E-state index in [4.69, 9.17) is 4.74 Å². The number of likely N-dealkylation sites (N-methyl/N-ethyl adjacent to an activating group) is 1. The molecule has 1 saturated heterocycles. The van der Waals surface area contributed by atoms with E-state index in [1.54, 1.807) is 24.3 Å². The summed E-state index contributed by atoms with van der Waals surface area (Å²) >= 11 is 0. The van der Waals surface area contributed by atoms with E-state index in [2.05, 4.69) is 20.3 Å². The lowest BCUT2D eigenvalue weighted by atomic mass is 9.87. The van der Waals surface area contributed by atoms with Crippen molar-refractivity contribution < 1.29 is 14.3 Å². The zero-order chi connectivity index (χ0) is 21.7. The van der Waals surface area contributed by atoms with E-state index in [0.29, 0.717) is 13.0 Å². The third-order valence-corrected chi connectivity index (χ3v) is 5.38. The van der Waals surface area contributed by atoms with Crippen LogP contribution in [0.2, 0.25) is 0 Å². The summed E-state index contributed by atoms with van der Waals surface area (Å²) in [4.78, 5) is 39.8. The van der Waals surface area contributed by atoms with Crippen LogP contribution in [0.4, 0.5) is 0 Å². The molecule has 8 nitrogen and oxygen atoms in total. The van der Waals surface area contributed by atoms with E-state index in [1.807, 2.05) is 36.4 Å². The maximum atomic E-state index is 13.0. The monoisotopic (exact) mass is 417 g/mol. The fourth-order valence-corrected chi connectivity index (χ4v) is 3.88. The molecule has 3 heterocycles. The van der Waals surface area contributed by atoms with Crippen LogP contribution in [0.5, 0.6) is 0 Å². The van der Waals surface area contributed by atoms with Crippen LogP contribution in [0, 0.1) is 0 Å². The van der Waals surface area contributed by atoms with Crippen LogP contribution in [-0.2, 0) is 16.0 Å². The van der Waals surface area contributed by atoms with Crippen molar-refractivity contribution in [1.29, 1.82) is 0 Å². The molecular formula is C23H23N5O3. The summed E-state index contributed by atoms with van der Waals surface area (Å²) in [5, 5.41) is 2.71. The van der Waals surface area contributed by atoms with Gasteiger partial charge in [-0.2, -0.15) is 0 Å². The van der Waals surface area contributed by atoms with Crippen LogP contribution in [0.3, 0.4) is 0 Å². The van der Waals surface area contributed by atoms with Crippen LogP contribution in [0.1, 0.15) is 16.1 Å². The van der Waals surface area contributed by atoms with Gasteiger partial charge in [0, 0.05) is 44.8 Å². The number of amides is 2. The lowest BCUT2D eigenvalue weighted by Crippen LogP contribution is -2.61. The Bertz CT molecular complexity index is 1060. The molecule has 3 aromatic rings. The highest BCUT2D eigenvalue weighted by molar-refractivity contribution is 5.93. The van der Waals surface area contributed by atoms with Gasteiger partial charge >= 0.3 is 0 Å². The molecular weight excluding hydrogens is 394 g/mol. The molecule has 0 saturated carbocycles. The van der Waals surface area contributed by atoms with E-state index < -0.39 is 5.60 Å². The predicted molar refractivity (Wildman–Crippen MR) is 114 cm³/mol. The minimum atomic E-state index is -1.21. The maximum absolute atomic E-state index is 13.0. The van der Waals surface area contributed by atoms with Gasteiger partial charge in [-0.05, 0) is 28.8 Å². The van der Waals surface area contributed by atoms with Crippen LogP contribution in [-0.4, -0.2) is 64.0 Å². The van der Waals surface area contributed by atoms with Crippen LogP contribution in [0.15, 0.2) is 67.4 Å². The van der Waals surface area contributed by atoms with Crippen molar-refractivity contribution >= 4 is 11.8 Å². The number of carbonyl (C=O) groups excluding carboxylic acids is 2. The lowest BCUT2D eigenvalue weighted by molar-refractivity contribution is -0.156. The van der Waals surface area contributed by atoms with Crippen LogP contribution >= 0.6 is 0 Å². The summed E-state index contributed by atoms with van der Waals surface area (Å²) in [5.41, 5.74) is 1.97. The van der Waals surface area contributed by atoms with Gasteiger partial charge in [0.25, 0.3) is 11.8 Å². The smallest absolute Gasteiger partial charge is 0.274 e. The van der Waals surface area contributed by atoms with Crippen molar-refractivity contribution in [3.05, 3.63) is 78.6 Å². The van der Waals surface area contributed by atoms with Crippen LogP contribution in [0.25, 0.3) is 11.1 Å². The largest absolute Gasteiger partial charge is 0.361 e. The normalized spacial score (nSPS) is 18.4. The van der Waals surface area contributed by atoms with E-state index >= 15 is 0 Å². The van der Waals surface area contributed by atoms with Gasteiger partial charge in [-0.3, -0.25) is 19.6 Å². The molecule has 1 unspecified atom stereocenters. The number of rotatable bonds is 5. The summed E-state index contributed by atoms with van der Waals surface area (Å²) in [7, 11) is 1.58. The molecule has 2 amide bonds. The topological polar surface area (TPSA) is 97.3 Å². The van der Waals surface area contributed by atoms with Crippen molar-refractivity contribution in [2.45, 2.75) is 12.0 Å². The molecule has 158 valence electrons. The van der Waals surface area contributed by atoms with Gasteiger partial charge in [-0.1, -0.05) is 24.3 Å². The van der Waals surface area contributed by atoms with Crippen molar-refractivity contribution in [2.75, 3.05) is 26.7 Å². The second-order valence-corrected chi connectivity index (χ2v) is 7.31. The van der Waals surface area contributed by atoms with Crippen molar-refractivity contribution in [3.8, 4) is 11.1 Å². The summed E-state index contributed by atoms with van der Waals surface area (Å²) in [6, 6.07) is 11.7. The Morgan fingerprint density at radius 1 is 1.10 bits per heavy atom. The first-order valence-electron chi connectivity index (χ1n) is 10.0. The number of morpholine rings is 1. The number of ether oxygens (including phenoxy) is 1. The SMILES string of the molecule is CNC(=O)C1(Cc2ccccc2-c2ccncc2)CN(C(=O)c2cnccn2)CCO1. The Balaban J connectivity index is 1.67. The lowest BCUT2D eigenvalue weighted by Gasteiger charge is -2.41. The van der Waals surface area contributed by atoms with Crippen molar-refractivity contribution in [2.24, 2.45) is 0 Å². The fourth-order valence-electron chi connectivity index (χ4n) is 3.88. The minimum absolute atomic E-state index is 0.118. The summed E-state index contributed by atoms with van der Waals surface area (Å²) in [6.45, 7) is 0.740. The second kappa shape index (κ2) is 9.01. The zero-order valence-corrected chi connectivity index (χ0v) is 17.2. The Hall–Kier alpha value is -3.65. The highest BCUT2D eigenvalue weighted by atomic mass is 16.5. The number of aromatic nitrogens is 3. The first-order chi connectivity index (χ1) is 15.1. The molecule has 31 heavy (non-hydrogen) atoms. The molecule has 0 spiro atoms. The number of hydrogen-bond donors (Lipinski definition) is 1. The molecule has 8 heteroatoms. The van der Waals surface area contributed by atoms with Crippen molar-refractivity contribution in [3.63, 3.8) is 0 Å². The Morgan fingerprint density at radius 2 is 1.90 bits per heavy atom. The van der Waals surface area contributed by atoms with Gasteiger partial charge in [0.15, 0.2) is 5.60 Å². The summed E-state index contributed by atoms with van der Waals surface area (Å²) in [6.07, 6.45) is 8.21. The quantitative estimate of drug-likeness (QED) is 0.679. The van der Waals surface area contributed by atoms with Gasteiger partial charge in [0.1, 0.15) is 5.69 Å². The minimum Gasteiger partial charge on any atom is -0.361 e. The third kappa shape index (κ3) is 4.29. The van der Waals surface area contributed by atoms with E-state index in [-0.39, 0.29) is 30.7 Å². The summed E-state index contributed by atoms with van der Waals surface area (Å²) in [5.74, 6) is -0.541. The molecule has 4 rings (SSSR count). The molecule has 0 aliphatic carbocycles. The second-order valence-electron chi connectivity index (χ2n) is 7.31. The van der Waals surface area contributed by atoms with Gasteiger partial charge in [-0.25, -0.2) is 4.98 Å². The molecule has 2 aromatic heterocycles. The summed E-state index contributed by atoms with van der Waals surface area (Å²) < 4.78 is 6.08. The first-order valence-corrected chi connectivity index (χ1v) is 10.0. The Labute approximate surface area is 180 Å². The van der Waals surface area contributed by atoms with E-state index in [1.165, 1.54) is 18.6 Å². The van der Waals surface area contributed by atoms with E-state index in [0.717, 1.165) is 16.7 Å². The number of pyridine rings is 1. The average Bonchev–Trinajstić information content (AvgIpc) is 2.84. The van der Waals surface area contributed by atoms with E-state index in [9.17, 15) is 9.59 Å². The molecule has 0 bridgehead atoms. The maximum Gasteiger partial charge on any atom is 0.274 e. The van der Waals surface area contributed by atoms with Gasteiger partial charge in [-0.15, -0.1) is 0 Å². The zero-order valence-electron chi connectivity index (χ0n) is 17.2. The van der Waals surface area contributed by atoms with Crippen LogP contribution < -0.4 is 5.32 Å².